The van der Waals surface area contributed by atoms with E-state index in [2.05, 4.69) is 51.6 Å². The molecule has 174 valence electrons. The van der Waals surface area contributed by atoms with Gasteiger partial charge in [-0.05, 0) is 49.1 Å². The Balaban J connectivity index is 1.31. The number of ether oxygens (including phenoxy) is 1. The molecule has 6 nitrogen and oxygen atoms in total. The molecule has 2 aliphatic heterocycles. The van der Waals surface area contributed by atoms with Crippen molar-refractivity contribution < 1.29 is 9.53 Å². The summed E-state index contributed by atoms with van der Waals surface area (Å²) in [7, 11) is 1.82. The quantitative estimate of drug-likeness (QED) is 0.573. The Kier molecular flexibility index (Phi) is 7.45. The molecule has 0 radical (unpaired) electrons. The summed E-state index contributed by atoms with van der Waals surface area (Å²) in [6, 6.07) is 18.4. The highest BCUT2D eigenvalue weighted by atomic mass is 16.5. The number of benzene rings is 2. The number of guanidine groups is 1. The minimum Gasteiger partial charge on any atom is -0.372 e. The van der Waals surface area contributed by atoms with E-state index in [4.69, 9.17) is 4.74 Å². The third-order valence-electron chi connectivity index (χ3n) is 6.22. The maximum Gasteiger partial charge on any atom is 0.254 e. The predicted octanol–water partition coefficient (Wildman–Crippen LogP) is 3.80. The van der Waals surface area contributed by atoms with E-state index in [0.717, 1.165) is 36.6 Å². The maximum atomic E-state index is 12.9. The molecule has 2 aliphatic rings. The molecular formula is C27H34N4O2. The first kappa shape index (κ1) is 23.1. The van der Waals surface area contributed by atoms with Crippen LogP contribution in [0.15, 0.2) is 65.7 Å². The van der Waals surface area contributed by atoms with Crippen LogP contribution in [0.25, 0.3) is 5.57 Å². The van der Waals surface area contributed by atoms with E-state index in [1.54, 1.807) is 0 Å². The third-order valence-corrected chi connectivity index (χ3v) is 6.22. The van der Waals surface area contributed by atoms with Gasteiger partial charge in [0, 0.05) is 45.3 Å². The molecule has 33 heavy (non-hydrogen) atoms. The van der Waals surface area contributed by atoms with Gasteiger partial charge in [-0.3, -0.25) is 9.79 Å². The monoisotopic (exact) mass is 446 g/mol. The number of nitrogens with zero attached hydrogens (tertiary/aromatic N) is 3. The lowest BCUT2D eigenvalue weighted by Crippen LogP contribution is -2.48. The summed E-state index contributed by atoms with van der Waals surface area (Å²) in [5, 5.41) is 3.47. The lowest BCUT2D eigenvalue weighted by molar-refractivity contribution is -0.0586. The van der Waals surface area contributed by atoms with Crippen molar-refractivity contribution in [1.82, 2.24) is 15.1 Å². The fraction of sp³-hybridized carbons (Fsp3) is 0.407. The van der Waals surface area contributed by atoms with Gasteiger partial charge in [0.25, 0.3) is 5.91 Å². The molecule has 2 unspecified atom stereocenters. The Hall–Kier alpha value is -3.12. The van der Waals surface area contributed by atoms with Crippen LogP contribution in [-0.2, 0) is 11.3 Å². The van der Waals surface area contributed by atoms with Gasteiger partial charge in [0.15, 0.2) is 5.96 Å². The normalized spacial score (nSPS) is 21.5. The minimum absolute atomic E-state index is 0.0707. The molecule has 2 heterocycles. The summed E-state index contributed by atoms with van der Waals surface area (Å²) in [4.78, 5) is 21.5. The van der Waals surface area contributed by atoms with Gasteiger partial charge in [0.1, 0.15) is 0 Å². The van der Waals surface area contributed by atoms with Gasteiger partial charge >= 0.3 is 0 Å². The number of carbonyl (C=O) groups is 1. The van der Waals surface area contributed by atoms with E-state index < -0.39 is 0 Å². The lowest BCUT2D eigenvalue weighted by atomic mass is 10.00. The van der Waals surface area contributed by atoms with Crippen LogP contribution in [0.4, 0.5) is 0 Å². The summed E-state index contributed by atoms with van der Waals surface area (Å²) in [6.45, 7) is 7.74. The van der Waals surface area contributed by atoms with Crippen LogP contribution in [0.2, 0.25) is 0 Å². The van der Waals surface area contributed by atoms with E-state index in [-0.39, 0.29) is 18.1 Å². The van der Waals surface area contributed by atoms with Crippen LogP contribution in [0, 0.1) is 0 Å². The molecule has 0 spiro atoms. The molecule has 4 rings (SSSR count). The zero-order chi connectivity index (χ0) is 23.2. The van der Waals surface area contributed by atoms with Crippen molar-refractivity contribution in [2.45, 2.75) is 39.0 Å². The topological polar surface area (TPSA) is 57.2 Å². The van der Waals surface area contributed by atoms with Crippen LogP contribution in [0.1, 0.15) is 41.8 Å². The minimum atomic E-state index is 0.0707. The zero-order valence-electron chi connectivity index (χ0n) is 19.8. The van der Waals surface area contributed by atoms with E-state index in [0.29, 0.717) is 19.6 Å². The average molecular weight is 447 g/mol. The number of morpholine rings is 1. The predicted molar refractivity (Wildman–Crippen MR) is 133 cm³/mol. The number of hydrogen-bond donors (Lipinski definition) is 1. The average Bonchev–Trinajstić information content (AvgIpc) is 2.85. The largest absolute Gasteiger partial charge is 0.372 e. The first-order chi connectivity index (χ1) is 16.0. The third kappa shape index (κ3) is 5.82. The fourth-order valence-electron chi connectivity index (χ4n) is 4.58. The van der Waals surface area contributed by atoms with Gasteiger partial charge in [0.2, 0.25) is 0 Å². The number of nitrogens with one attached hydrogen (secondary N) is 1. The molecule has 0 aromatic heterocycles. The summed E-state index contributed by atoms with van der Waals surface area (Å²) in [6.07, 6.45) is 3.43. The number of carbonyl (C=O) groups excluding carboxylic acids is 1. The van der Waals surface area contributed by atoms with Crippen molar-refractivity contribution in [3.63, 3.8) is 0 Å². The molecule has 1 amide bonds. The van der Waals surface area contributed by atoms with E-state index in [9.17, 15) is 4.79 Å². The van der Waals surface area contributed by atoms with Gasteiger partial charge in [-0.1, -0.05) is 48.5 Å². The summed E-state index contributed by atoms with van der Waals surface area (Å²) >= 11 is 0. The van der Waals surface area contributed by atoms with Crippen LogP contribution in [0.3, 0.4) is 0 Å². The van der Waals surface area contributed by atoms with E-state index in [1.165, 1.54) is 11.1 Å². The Labute approximate surface area is 197 Å². The van der Waals surface area contributed by atoms with Gasteiger partial charge < -0.3 is 19.9 Å². The molecule has 2 aromatic carbocycles. The van der Waals surface area contributed by atoms with Crippen molar-refractivity contribution in [2.24, 2.45) is 4.99 Å². The van der Waals surface area contributed by atoms with Crippen molar-refractivity contribution in [1.29, 1.82) is 0 Å². The van der Waals surface area contributed by atoms with Crippen molar-refractivity contribution >= 4 is 17.4 Å². The molecule has 0 bridgehead atoms. The Morgan fingerprint density at radius 1 is 1.03 bits per heavy atom. The molecule has 0 aliphatic carbocycles. The highest BCUT2D eigenvalue weighted by molar-refractivity contribution is 5.94. The molecule has 6 heteroatoms. The number of rotatable bonds is 4. The van der Waals surface area contributed by atoms with E-state index in [1.807, 2.05) is 50.1 Å². The van der Waals surface area contributed by atoms with Crippen molar-refractivity contribution in [3.05, 3.63) is 77.4 Å². The standard InChI is InChI=1S/C27H34N4O2/c1-20-18-31(19-21(2)33-20)26(32)25-11-9-22(10-12-25)17-29-27(28-3)30-15-13-24(14-16-30)23-7-5-4-6-8-23/h4-13,20-21H,14-19H2,1-3H3,(H,28,29). The number of hydrogen-bond acceptors (Lipinski definition) is 3. The second-order valence-corrected chi connectivity index (χ2v) is 8.86. The fourth-order valence-corrected chi connectivity index (χ4v) is 4.58. The van der Waals surface area contributed by atoms with Crippen molar-refractivity contribution in [3.8, 4) is 0 Å². The number of amides is 1. The van der Waals surface area contributed by atoms with Gasteiger partial charge in [0.05, 0.1) is 12.2 Å². The smallest absolute Gasteiger partial charge is 0.254 e. The first-order valence-corrected chi connectivity index (χ1v) is 11.8. The van der Waals surface area contributed by atoms with Gasteiger partial charge in [-0.15, -0.1) is 0 Å². The summed E-state index contributed by atoms with van der Waals surface area (Å²) < 4.78 is 5.74. The molecule has 2 aromatic rings. The number of aliphatic imine (C=N–C) groups is 1. The first-order valence-electron chi connectivity index (χ1n) is 11.8. The molecule has 2 atom stereocenters. The van der Waals surface area contributed by atoms with Crippen LogP contribution in [0.5, 0.6) is 0 Å². The van der Waals surface area contributed by atoms with Crippen LogP contribution >= 0.6 is 0 Å². The molecule has 0 saturated carbocycles. The SMILES string of the molecule is CN=C(NCc1ccc(C(=O)N2CC(C)OC(C)C2)cc1)N1CC=C(c2ccccc2)CC1. The Morgan fingerprint density at radius 2 is 1.73 bits per heavy atom. The molecule has 1 saturated heterocycles. The van der Waals surface area contributed by atoms with E-state index >= 15 is 0 Å². The highest BCUT2D eigenvalue weighted by Crippen LogP contribution is 2.22. The highest BCUT2D eigenvalue weighted by Gasteiger charge is 2.26. The van der Waals surface area contributed by atoms with Crippen molar-refractivity contribution in [2.75, 3.05) is 33.2 Å². The Morgan fingerprint density at radius 3 is 2.33 bits per heavy atom. The zero-order valence-corrected chi connectivity index (χ0v) is 19.8. The maximum absolute atomic E-state index is 12.9. The van der Waals surface area contributed by atoms with Crippen LogP contribution < -0.4 is 5.32 Å². The molecular weight excluding hydrogens is 412 g/mol. The second-order valence-electron chi connectivity index (χ2n) is 8.86. The summed E-state index contributed by atoms with van der Waals surface area (Å²) in [5.41, 5.74) is 4.54. The summed E-state index contributed by atoms with van der Waals surface area (Å²) in [5.74, 6) is 0.969. The molecule has 1 N–H and O–H groups in total. The van der Waals surface area contributed by atoms with Gasteiger partial charge in [-0.25, -0.2) is 0 Å². The lowest BCUT2D eigenvalue weighted by Gasteiger charge is -2.35. The van der Waals surface area contributed by atoms with Crippen LogP contribution in [-0.4, -0.2) is 67.1 Å². The van der Waals surface area contributed by atoms with Gasteiger partial charge in [-0.2, -0.15) is 0 Å². The Bertz CT molecular complexity index is 991. The molecule has 1 fully saturated rings. The second kappa shape index (κ2) is 10.7.